The molecule has 0 saturated heterocycles. The first kappa shape index (κ1) is 16.6. The second kappa shape index (κ2) is 6.48. The van der Waals surface area contributed by atoms with E-state index in [1.807, 2.05) is 6.07 Å². The zero-order valence-corrected chi connectivity index (χ0v) is 14.3. The monoisotopic (exact) mass is 356 g/mol. The quantitative estimate of drug-likeness (QED) is 0.809. The Labute approximate surface area is 149 Å². The van der Waals surface area contributed by atoms with Gasteiger partial charge < -0.3 is 19.7 Å². The second-order valence-corrected chi connectivity index (χ2v) is 6.82. The van der Waals surface area contributed by atoms with Crippen molar-refractivity contribution >= 4 is 28.5 Å². The predicted octanol–water partition coefficient (Wildman–Crippen LogP) is 1.70. The number of fused-ring (bicyclic) bond motifs is 2. The van der Waals surface area contributed by atoms with Crippen LogP contribution in [0.2, 0.25) is 0 Å². The number of nitrogens with one attached hydrogen (secondary N) is 1. The number of aliphatic carboxylic acids is 1. The number of hydrogen-bond acceptors (Lipinski definition) is 5. The Balaban J connectivity index is 1.76. The molecule has 0 spiro atoms. The summed E-state index contributed by atoms with van der Waals surface area (Å²) in [5.74, 6) is -1.61. The van der Waals surface area contributed by atoms with Crippen molar-refractivity contribution in [3.63, 3.8) is 0 Å². The molecule has 1 aromatic heterocycles. The molecule has 26 heavy (non-hydrogen) atoms. The molecule has 0 saturated carbocycles. The number of nitrogens with zero attached hydrogens (tertiary/aromatic N) is 1. The Morgan fingerprint density at radius 1 is 1.19 bits per heavy atom. The lowest BCUT2D eigenvalue weighted by molar-refractivity contribution is -0.136. The Kier molecular flexibility index (Phi) is 4.14. The number of carboxylic acids is 1. The predicted molar refractivity (Wildman–Crippen MR) is 95.9 cm³/mol. The first-order valence-corrected chi connectivity index (χ1v) is 8.92. The molecule has 0 fully saturated rings. The molecule has 7 nitrogen and oxygen atoms in total. The van der Waals surface area contributed by atoms with Gasteiger partial charge in [0.25, 0.3) is 5.91 Å². The molecule has 2 N–H and O–H groups in total. The maximum atomic E-state index is 12.4. The van der Waals surface area contributed by atoms with Gasteiger partial charge in [-0.25, -0.2) is 4.79 Å². The van der Waals surface area contributed by atoms with Crippen LogP contribution in [0.4, 0.5) is 5.69 Å². The van der Waals surface area contributed by atoms with E-state index >= 15 is 0 Å². The van der Waals surface area contributed by atoms with Gasteiger partial charge in [0.1, 0.15) is 11.1 Å². The van der Waals surface area contributed by atoms with Crippen LogP contribution in [0.15, 0.2) is 21.3 Å². The summed E-state index contributed by atoms with van der Waals surface area (Å²) in [4.78, 5) is 37.5. The molecule has 2 aliphatic rings. The third-order valence-corrected chi connectivity index (χ3v) is 5.08. The van der Waals surface area contributed by atoms with Crippen LogP contribution in [-0.4, -0.2) is 36.6 Å². The number of rotatable bonds is 4. The lowest BCUT2D eigenvalue weighted by Gasteiger charge is -2.37. The Morgan fingerprint density at radius 3 is 2.73 bits per heavy atom. The van der Waals surface area contributed by atoms with Crippen molar-refractivity contribution in [1.82, 2.24) is 5.32 Å². The zero-order valence-electron chi connectivity index (χ0n) is 14.3. The minimum Gasteiger partial charge on any atom is -0.481 e. The minimum atomic E-state index is -1.01. The number of aryl methyl sites for hydroxylation is 2. The third-order valence-electron chi connectivity index (χ3n) is 5.08. The van der Waals surface area contributed by atoms with E-state index in [0.29, 0.717) is 5.58 Å². The fourth-order valence-corrected chi connectivity index (χ4v) is 3.98. The normalized spacial score (nSPS) is 15.6. The standard InChI is InChI=1S/C19H20N2O5/c22-15(23)5-6-20-18(24)14-10-12-9-11-3-1-7-21-8-2-4-13(16(11)21)17(12)26-19(14)25/h9-10H,1-8H2,(H,20,24)(H,22,23). The first-order chi connectivity index (χ1) is 12.5. The van der Waals surface area contributed by atoms with E-state index in [9.17, 15) is 14.4 Å². The van der Waals surface area contributed by atoms with Gasteiger partial charge in [-0.3, -0.25) is 9.59 Å². The van der Waals surface area contributed by atoms with Gasteiger partial charge in [0.05, 0.1) is 6.42 Å². The zero-order chi connectivity index (χ0) is 18.3. The minimum absolute atomic E-state index is 0.0317. The molecule has 136 valence electrons. The van der Waals surface area contributed by atoms with Gasteiger partial charge in [-0.2, -0.15) is 0 Å². The molecule has 4 rings (SSSR count). The molecule has 0 bridgehead atoms. The van der Waals surface area contributed by atoms with Gasteiger partial charge in [0.2, 0.25) is 0 Å². The van der Waals surface area contributed by atoms with Crippen molar-refractivity contribution in [1.29, 1.82) is 0 Å². The molecule has 2 aliphatic heterocycles. The number of anilines is 1. The van der Waals surface area contributed by atoms with Crippen LogP contribution in [0.25, 0.3) is 11.0 Å². The Morgan fingerprint density at radius 2 is 1.96 bits per heavy atom. The second-order valence-electron chi connectivity index (χ2n) is 6.82. The van der Waals surface area contributed by atoms with Crippen molar-refractivity contribution in [2.75, 3.05) is 24.5 Å². The van der Waals surface area contributed by atoms with Gasteiger partial charge in [-0.1, -0.05) is 0 Å². The highest BCUT2D eigenvalue weighted by atomic mass is 16.4. The van der Waals surface area contributed by atoms with Gasteiger partial charge in [0, 0.05) is 36.3 Å². The largest absolute Gasteiger partial charge is 0.481 e. The summed E-state index contributed by atoms with van der Waals surface area (Å²) in [7, 11) is 0. The van der Waals surface area contributed by atoms with Crippen LogP contribution in [0.5, 0.6) is 0 Å². The number of amides is 1. The highest BCUT2D eigenvalue weighted by molar-refractivity contribution is 5.98. The summed E-state index contributed by atoms with van der Waals surface area (Å²) in [6, 6.07) is 3.59. The highest BCUT2D eigenvalue weighted by Gasteiger charge is 2.27. The van der Waals surface area contributed by atoms with E-state index in [2.05, 4.69) is 10.2 Å². The summed E-state index contributed by atoms with van der Waals surface area (Å²) < 4.78 is 5.55. The molecule has 0 atom stereocenters. The number of benzene rings is 1. The number of hydrogen-bond donors (Lipinski definition) is 2. The summed E-state index contributed by atoms with van der Waals surface area (Å²) in [5.41, 5.74) is 3.31. The lowest BCUT2D eigenvalue weighted by Crippen LogP contribution is -2.34. The molecule has 2 aromatic rings. The smallest absolute Gasteiger partial charge is 0.349 e. The van der Waals surface area contributed by atoms with Gasteiger partial charge in [-0.15, -0.1) is 0 Å². The fourth-order valence-electron chi connectivity index (χ4n) is 3.98. The van der Waals surface area contributed by atoms with Crippen LogP contribution in [0, 0.1) is 0 Å². The van der Waals surface area contributed by atoms with Crippen LogP contribution in [0.3, 0.4) is 0 Å². The van der Waals surface area contributed by atoms with Gasteiger partial charge in [-0.05, 0) is 43.4 Å². The molecule has 3 heterocycles. The number of carboxylic acid groups (broad SMARTS) is 1. The van der Waals surface area contributed by atoms with Crippen molar-refractivity contribution in [3.8, 4) is 0 Å². The van der Waals surface area contributed by atoms with Crippen molar-refractivity contribution < 1.29 is 19.1 Å². The average molecular weight is 356 g/mol. The van der Waals surface area contributed by atoms with E-state index in [0.717, 1.165) is 49.7 Å². The van der Waals surface area contributed by atoms with Crippen LogP contribution in [0.1, 0.15) is 40.7 Å². The summed E-state index contributed by atoms with van der Waals surface area (Å²) >= 11 is 0. The van der Waals surface area contributed by atoms with Gasteiger partial charge >= 0.3 is 11.6 Å². The fraction of sp³-hybridized carbons (Fsp3) is 0.421. The topological polar surface area (TPSA) is 99.9 Å². The van der Waals surface area contributed by atoms with E-state index in [-0.39, 0.29) is 18.5 Å². The van der Waals surface area contributed by atoms with Crippen molar-refractivity contribution in [2.45, 2.75) is 32.1 Å². The van der Waals surface area contributed by atoms with E-state index in [1.54, 1.807) is 6.07 Å². The maximum Gasteiger partial charge on any atom is 0.349 e. The maximum absolute atomic E-state index is 12.4. The molecule has 7 heteroatoms. The van der Waals surface area contributed by atoms with Gasteiger partial charge in [0.15, 0.2) is 0 Å². The van der Waals surface area contributed by atoms with Crippen molar-refractivity contribution in [3.05, 3.63) is 39.2 Å². The van der Waals surface area contributed by atoms with Crippen LogP contribution >= 0.6 is 0 Å². The molecule has 1 aromatic carbocycles. The molecular weight excluding hydrogens is 336 g/mol. The van der Waals surface area contributed by atoms with Crippen LogP contribution < -0.4 is 15.8 Å². The van der Waals surface area contributed by atoms with Crippen molar-refractivity contribution in [2.24, 2.45) is 0 Å². The Bertz CT molecular complexity index is 961. The molecule has 0 unspecified atom stereocenters. The van der Waals surface area contributed by atoms with Crippen LogP contribution in [-0.2, 0) is 17.6 Å². The number of carbonyl (C=O) groups is 2. The molecular formula is C19H20N2O5. The summed E-state index contributed by atoms with van der Waals surface area (Å²) in [6.07, 6.45) is 3.76. The summed E-state index contributed by atoms with van der Waals surface area (Å²) in [6.45, 7) is 2.02. The molecule has 0 radical (unpaired) electrons. The lowest BCUT2D eigenvalue weighted by atomic mass is 9.90. The molecule has 0 aliphatic carbocycles. The van der Waals surface area contributed by atoms with E-state index in [1.165, 1.54) is 11.3 Å². The average Bonchev–Trinajstić information content (AvgIpc) is 2.62. The molecule has 1 amide bonds. The van der Waals surface area contributed by atoms with E-state index < -0.39 is 17.5 Å². The van der Waals surface area contributed by atoms with E-state index in [4.69, 9.17) is 9.52 Å². The SMILES string of the molecule is O=C(O)CCNC(=O)c1cc2cc3c4c(c2oc1=O)CCCN4CCC3. The first-order valence-electron chi connectivity index (χ1n) is 8.92. The number of carbonyl (C=O) groups excluding carboxylic acids is 1. The third kappa shape index (κ3) is 2.83. The summed E-state index contributed by atoms with van der Waals surface area (Å²) in [5, 5.41) is 11.9. The Hall–Kier alpha value is -2.83. The highest BCUT2D eigenvalue weighted by Crippen LogP contribution is 2.39.